The Bertz CT molecular complexity index is 5590. The standard InChI is InChI=1S/C90H54N8/c91-55-58-27-29-65(30-28-58)66-31-33-67(34-32-66)88-94-89(76-45-74(68-25-13-15-59(43-68)56-92)47-78(49-76)97-84-39-35-70(61-17-5-1-6-18-61)51-80(84)81-52-71(36-40-85(81)97)62-19-7-2-8-20-62)96-90(95-88)77-46-75(69-26-14-16-60(44-69)57-93)48-79(50-77)98-86-41-37-72(63-21-9-3-10-22-63)53-82(86)83-54-73(38-42-87(83)98)64-23-11-4-12-24-64/h1-54H. The summed E-state index contributed by atoms with van der Waals surface area (Å²) in [4.78, 5) is 16.6. The third kappa shape index (κ3) is 10.8. The molecule has 17 aromatic rings. The molecule has 454 valence electrons. The summed E-state index contributed by atoms with van der Waals surface area (Å²) in [5.74, 6) is 1.30. The molecule has 0 fully saturated rings. The average Bonchev–Trinajstić information content (AvgIpc) is 1.49. The Balaban J connectivity index is 0.918. The summed E-state index contributed by atoms with van der Waals surface area (Å²) in [6.45, 7) is 0. The van der Waals surface area contributed by atoms with Crippen LogP contribution in [0.5, 0.6) is 0 Å². The van der Waals surface area contributed by atoms with Gasteiger partial charge in [-0.25, -0.2) is 15.0 Å². The van der Waals surface area contributed by atoms with Crippen molar-refractivity contribution < 1.29 is 0 Å². The fourth-order valence-electron chi connectivity index (χ4n) is 13.8. The van der Waals surface area contributed by atoms with Gasteiger partial charge in [0.2, 0.25) is 0 Å². The summed E-state index contributed by atoms with van der Waals surface area (Å²) in [7, 11) is 0. The van der Waals surface area contributed by atoms with Crippen LogP contribution in [0.25, 0.3) is 167 Å². The molecule has 3 heterocycles. The number of nitrogens with zero attached hydrogens (tertiary/aromatic N) is 8. The van der Waals surface area contributed by atoms with E-state index in [1.165, 1.54) is 0 Å². The quantitative estimate of drug-likeness (QED) is 0.120. The summed E-state index contributed by atoms with van der Waals surface area (Å²) in [5, 5.41) is 34.8. The number of hydrogen-bond acceptors (Lipinski definition) is 6. The van der Waals surface area contributed by atoms with Crippen LogP contribution >= 0.6 is 0 Å². The molecule has 0 saturated heterocycles. The topological polar surface area (TPSA) is 120 Å². The minimum absolute atomic E-state index is 0.427. The number of hydrogen-bond donors (Lipinski definition) is 0. The molecule has 0 N–H and O–H groups in total. The molecular formula is C90H54N8. The van der Waals surface area contributed by atoms with Gasteiger partial charge in [-0.1, -0.05) is 206 Å². The third-order valence-electron chi connectivity index (χ3n) is 18.6. The van der Waals surface area contributed by atoms with E-state index in [0.29, 0.717) is 34.2 Å². The number of aromatic nitrogens is 5. The monoisotopic (exact) mass is 1250 g/mol. The van der Waals surface area contributed by atoms with E-state index < -0.39 is 0 Å². The van der Waals surface area contributed by atoms with Gasteiger partial charge >= 0.3 is 0 Å². The van der Waals surface area contributed by atoms with Gasteiger partial charge in [-0.3, -0.25) is 0 Å². The number of benzene rings is 14. The van der Waals surface area contributed by atoms with Gasteiger partial charge < -0.3 is 9.13 Å². The highest BCUT2D eigenvalue weighted by molar-refractivity contribution is 6.13. The van der Waals surface area contributed by atoms with Crippen molar-refractivity contribution in [2.24, 2.45) is 0 Å². The predicted molar refractivity (Wildman–Crippen MR) is 397 cm³/mol. The predicted octanol–water partition coefficient (Wildman–Crippen LogP) is 22.4. The molecule has 0 bridgehead atoms. The van der Waals surface area contributed by atoms with Crippen LogP contribution in [0.1, 0.15) is 16.7 Å². The molecule has 0 aliphatic carbocycles. The molecule has 0 atom stereocenters. The Morgan fingerprint density at radius 3 is 0.796 bits per heavy atom. The van der Waals surface area contributed by atoms with Crippen LogP contribution in [0, 0.1) is 34.0 Å². The Morgan fingerprint density at radius 1 is 0.194 bits per heavy atom. The van der Waals surface area contributed by atoms with E-state index in [2.05, 4.69) is 246 Å². The van der Waals surface area contributed by atoms with Crippen LogP contribution in [-0.2, 0) is 0 Å². The van der Waals surface area contributed by atoms with Gasteiger partial charge in [0.25, 0.3) is 0 Å². The highest BCUT2D eigenvalue weighted by Gasteiger charge is 2.23. The highest BCUT2D eigenvalue weighted by Crippen LogP contribution is 2.43. The van der Waals surface area contributed by atoms with Crippen molar-refractivity contribution in [2.75, 3.05) is 0 Å². The van der Waals surface area contributed by atoms with Crippen molar-refractivity contribution in [3.8, 4) is 142 Å². The first-order valence-electron chi connectivity index (χ1n) is 32.4. The van der Waals surface area contributed by atoms with E-state index in [-0.39, 0.29) is 0 Å². The molecule has 0 saturated carbocycles. The van der Waals surface area contributed by atoms with E-state index >= 15 is 0 Å². The van der Waals surface area contributed by atoms with Crippen LogP contribution in [0.4, 0.5) is 0 Å². The maximum atomic E-state index is 10.4. The first-order chi connectivity index (χ1) is 48.4. The van der Waals surface area contributed by atoms with Gasteiger partial charge in [-0.05, 0) is 199 Å². The van der Waals surface area contributed by atoms with Crippen LogP contribution in [0.3, 0.4) is 0 Å². The van der Waals surface area contributed by atoms with Gasteiger partial charge in [0.15, 0.2) is 17.5 Å². The largest absolute Gasteiger partial charge is 0.309 e. The van der Waals surface area contributed by atoms with Gasteiger partial charge in [0.1, 0.15) is 0 Å². The van der Waals surface area contributed by atoms with Crippen molar-refractivity contribution in [3.63, 3.8) is 0 Å². The molecule has 0 aliphatic rings. The van der Waals surface area contributed by atoms with Crippen LogP contribution in [0.2, 0.25) is 0 Å². The Morgan fingerprint density at radius 2 is 0.459 bits per heavy atom. The normalized spacial score (nSPS) is 11.2. The van der Waals surface area contributed by atoms with E-state index in [1.807, 2.05) is 109 Å². The maximum Gasteiger partial charge on any atom is 0.164 e. The second kappa shape index (κ2) is 24.6. The second-order valence-electron chi connectivity index (χ2n) is 24.6. The van der Waals surface area contributed by atoms with E-state index in [1.54, 1.807) is 0 Å². The average molecular weight is 1250 g/mol. The molecule has 8 heteroatoms. The Kier molecular flexibility index (Phi) is 14.5. The first-order valence-corrected chi connectivity index (χ1v) is 32.4. The Hall–Kier alpha value is -13.8. The smallest absolute Gasteiger partial charge is 0.164 e. The molecule has 0 amide bonds. The molecule has 17 rings (SSSR count). The fraction of sp³-hybridized carbons (Fsp3) is 0. The maximum absolute atomic E-state index is 10.4. The molecule has 3 aromatic heterocycles. The number of rotatable bonds is 12. The zero-order valence-corrected chi connectivity index (χ0v) is 52.8. The third-order valence-corrected chi connectivity index (χ3v) is 18.6. The lowest BCUT2D eigenvalue weighted by molar-refractivity contribution is 1.07. The van der Waals surface area contributed by atoms with Crippen LogP contribution in [-0.4, -0.2) is 24.1 Å². The van der Waals surface area contributed by atoms with Crippen molar-refractivity contribution in [1.82, 2.24) is 24.1 Å². The molecule has 0 radical (unpaired) electrons. The minimum atomic E-state index is 0.427. The van der Waals surface area contributed by atoms with Crippen LogP contribution < -0.4 is 0 Å². The van der Waals surface area contributed by atoms with E-state index in [0.717, 1.165) is 150 Å². The number of nitriles is 3. The van der Waals surface area contributed by atoms with Gasteiger partial charge in [-0.15, -0.1) is 0 Å². The number of fused-ring (bicyclic) bond motifs is 6. The molecule has 98 heavy (non-hydrogen) atoms. The second-order valence-corrected chi connectivity index (χ2v) is 24.6. The summed E-state index contributed by atoms with van der Waals surface area (Å²) >= 11 is 0. The summed E-state index contributed by atoms with van der Waals surface area (Å²) < 4.78 is 4.67. The van der Waals surface area contributed by atoms with E-state index in [4.69, 9.17) is 15.0 Å². The van der Waals surface area contributed by atoms with Gasteiger partial charge in [0.05, 0.1) is 57.0 Å². The first kappa shape index (κ1) is 58.0. The minimum Gasteiger partial charge on any atom is -0.309 e. The zero-order chi connectivity index (χ0) is 65.6. The molecular weight excluding hydrogens is 1190 g/mol. The lowest BCUT2D eigenvalue weighted by Crippen LogP contribution is -2.03. The molecule has 14 aromatic carbocycles. The van der Waals surface area contributed by atoms with Crippen molar-refractivity contribution in [3.05, 3.63) is 344 Å². The molecule has 0 unspecified atom stereocenters. The van der Waals surface area contributed by atoms with E-state index in [9.17, 15) is 15.8 Å². The molecule has 0 spiro atoms. The summed E-state index contributed by atoms with van der Waals surface area (Å²) in [6, 6.07) is 120. The Labute approximate surface area is 566 Å². The van der Waals surface area contributed by atoms with Crippen molar-refractivity contribution in [2.45, 2.75) is 0 Å². The summed E-state index contributed by atoms with van der Waals surface area (Å²) in [5.41, 5.74) is 24.0. The molecule has 8 nitrogen and oxygen atoms in total. The molecule has 0 aliphatic heterocycles. The van der Waals surface area contributed by atoms with Crippen molar-refractivity contribution >= 4 is 43.6 Å². The summed E-state index contributed by atoms with van der Waals surface area (Å²) in [6.07, 6.45) is 0. The zero-order valence-electron chi connectivity index (χ0n) is 52.8. The van der Waals surface area contributed by atoms with Gasteiger partial charge in [-0.2, -0.15) is 15.8 Å². The van der Waals surface area contributed by atoms with Crippen LogP contribution in [0.15, 0.2) is 328 Å². The van der Waals surface area contributed by atoms with Gasteiger partial charge in [0, 0.05) is 49.6 Å². The fourth-order valence-corrected chi connectivity index (χ4v) is 13.8. The highest BCUT2D eigenvalue weighted by atomic mass is 15.0. The SMILES string of the molecule is N#Cc1ccc(-c2ccc(-c3nc(-c4cc(-c5cccc(C#N)c5)cc(-n5c6ccc(-c7ccccc7)cc6c6cc(-c7ccccc7)ccc65)c4)nc(-c4cc(-c5cccc(C#N)c5)cc(-n5c6ccc(-c7ccccc7)cc6c6cc(-c7ccccc7)ccc65)c4)n3)cc2)cc1. The lowest BCUT2D eigenvalue weighted by Gasteiger charge is -2.16. The van der Waals surface area contributed by atoms with Crippen molar-refractivity contribution in [1.29, 1.82) is 15.8 Å². The lowest BCUT2D eigenvalue weighted by atomic mass is 9.99.